The van der Waals surface area contributed by atoms with Crippen molar-refractivity contribution in [1.29, 1.82) is 0 Å². The smallest absolute Gasteiger partial charge is 0.326 e. The van der Waals surface area contributed by atoms with E-state index in [-0.39, 0.29) is 6.03 Å². The lowest BCUT2D eigenvalue weighted by molar-refractivity contribution is -0.141. The number of carboxylic acid groups (broad SMARTS) is 1. The third-order valence-corrected chi connectivity index (χ3v) is 3.73. The topological polar surface area (TPSA) is 69.6 Å². The summed E-state index contributed by atoms with van der Waals surface area (Å²) in [5.41, 5.74) is 1.62. The maximum atomic E-state index is 12.1. The van der Waals surface area contributed by atoms with Crippen LogP contribution in [0.4, 0.5) is 10.5 Å². The quantitative estimate of drug-likeness (QED) is 0.877. The lowest BCUT2D eigenvalue weighted by Crippen LogP contribution is -2.42. The molecule has 0 aliphatic carbocycles. The number of carbonyl (C=O) groups is 2. The van der Waals surface area contributed by atoms with Gasteiger partial charge in [-0.05, 0) is 37.5 Å². The molecule has 2 rings (SSSR count). The van der Waals surface area contributed by atoms with E-state index in [0.717, 1.165) is 16.5 Å². The predicted octanol–water partition coefficient (Wildman–Crippen LogP) is 2.84. The van der Waals surface area contributed by atoms with Crippen LogP contribution in [0.25, 0.3) is 0 Å². The molecule has 5 nitrogen and oxygen atoms in total. The molecule has 19 heavy (non-hydrogen) atoms. The Morgan fingerprint density at radius 3 is 2.89 bits per heavy atom. The second-order valence-electron chi connectivity index (χ2n) is 4.58. The first-order valence-electron chi connectivity index (χ1n) is 6.05. The second-order valence-corrected chi connectivity index (χ2v) is 5.49. The largest absolute Gasteiger partial charge is 0.480 e. The van der Waals surface area contributed by atoms with Crippen molar-refractivity contribution in [3.63, 3.8) is 0 Å². The summed E-state index contributed by atoms with van der Waals surface area (Å²) in [7, 11) is 0. The molecule has 1 aromatic carbocycles. The van der Waals surface area contributed by atoms with Crippen molar-refractivity contribution >= 4 is 33.6 Å². The average Bonchev–Trinajstić information content (AvgIpc) is 2.83. The number of anilines is 1. The van der Waals surface area contributed by atoms with E-state index in [9.17, 15) is 9.59 Å². The van der Waals surface area contributed by atoms with Gasteiger partial charge in [0.25, 0.3) is 0 Å². The molecule has 0 bridgehead atoms. The van der Waals surface area contributed by atoms with Gasteiger partial charge in [0.1, 0.15) is 6.04 Å². The summed E-state index contributed by atoms with van der Waals surface area (Å²) in [6.07, 6.45) is 1.24. The molecule has 6 heteroatoms. The van der Waals surface area contributed by atoms with Crippen LogP contribution in [-0.2, 0) is 4.79 Å². The number of rotatable bonds is 2. The summed E-state index contributed by atoms with van der Waals surface area (Å²) < 4.78 is 0.865. The monoisotopic (exact) mass is 326 g/mol. The molecular formula is C13H15BrN2O3. The van der Waals surface area contributed by atoms with Gasteiger partial charge in [0.05, 0.1) is 0 Å². The van der Waals surface area contributed by atoms with Gasteiger partial charge in [-0.25, -0.2) is 9.59 Å². The summed E-state index contributed by atoms with van der Waals surface area (Å²) in [5, 5.41) is 11.8. The summed E-state index contributed by atoms with van der Waals surface area (Å²) >= 11 is 3.35. The highest BCUT2D eigenvalue weighted by Crippen LogP contribution is 2.23. The zero-order valence-electron chi connectivity index (χ0n) is 10.5. The zero-order valence-corrected chi connectivity index (χ0v) is 12.1. The minimum Gasteiger partial charge on any atom is -0.480 e. The van der Waals surface area contributed by atoms with Gasteiger partial charge in [0.2, 0.25) is 0 Å². The Balaban J connectivity index is 2.12. The van der Waals surface area contributed by atoms with Crippen LogP contribution in [0, 0.1) is 6.92 Å². The minimum absolute atomic E-state index is 0.355. The number of hydrogen-bond acceptors (Lipinski definition) is 2. The standard InChI is InChI=1S/C13H15BrN2O3/c1-8-4-5-9(14)7-10(8)15-13(19)16-6-2-3-11(16)12(17)18/h4-5,7,11H,2-3,6H2,1H3,(H,15,19)(H,17,18)/t11-/m1/s1. The van der Waals surface area contributed by atoms with E-state index in [1.54, 1.807) is 6.07 Å². The molecule has 2 amide bonds. The van der Waals surface area contributed by atoms with Crippen molar-refractivity contribution < 1.29 is 14.7 Å². The summed E-state index contributed by atoms with van der Waals surface area (Å²) in [5.74, 6) is -0.946. The fourth-order valence-corrected chi connectivity index (χ4v) is 2.54. The molecule has 1 fully saturated rings. The maximum absolute atomic E-state index is 12.1. The number of aliphatic carboxylic acids is 1. The number of aryl methyl sites for hydroxylation is 1. The van der Waals surface area contributed by atoms with E-state index >= 15 is 0 Å². The van der Waals surface area contributed by atoms with Crippen LogP contribution in [0.1, 0.15) is 18.4 Å². The van der Waals surface area contributed by atoms with Crippen molar-refractivity contribution in [3.05, 3.63) is 28.2 Å². The number of nitrogens with zero attached hydrogens (tertiary/aromatic N) is 1. The van der Waals surface area contributed by atoms with E-state index in [2.05, 4.69) is 21.2 Å². The van der Waals surface area contributed by atoms with Crippen LogP contribution in [0.2, 0.25) is 0 Å². The molecule has 1 saturated heterocycles. The number of benzene rings is 1. The Hall–Kier alpha value is -1.56. The first-order chi connectivity index (χ1) is 8.99. The third kappa shape index (κ3) is 3.07. The molecule has 0 aromatic heterocycles. The van der Waals surface area contributed by atoms with Gasteiger partial charge >= 0.3 is 12.0 Å². The van der Waals surface area contributed by atoms with Crippen LogP contribution in [-0.4, -0.2) is 34.6 Å². The number of carboxylic acids is 1. The van der Waals surface area contributed by atoms with E-state index in [0.29, 0.717) is 18.7 Å². The van der Waals surface area contributed by atoms with Crippen molar-refractivity contribution in [2.45, 2.75) is 25.8 Å². The Kier molecular flexibility index (Phi) is 4.09. The molecule has 0 saturated carbocycles. The molecule has 1 aliphatic rings. The number of amides is 2. The molecule has 0 unspecified atom stereocenters. The van der Waals surface area contributed by atoms with Gasteiger partial charge in [-0.2, -0.15) is 0 Å². The summed E-state index contributed by atoms with van der Waals surface area (Å²) in [4.78, 5) is 24.6. The highest BCUT2D eigenvalue weighted by molar-refractivity contribution is 9.10. The van der Waals surface area contributed by atoms with E-state index in [1.165, 1.54) is 4.90 Å². The highest BCUT2D eigenvalue weighted by atomic mass is 79.9. The number of nitrogens with one attached hydrogen (secondary N) is 1. The van der Waals surface area contributed by atoms with Crippen molar-refractivity contribution in [3.8, 4) is 0 Å². The zero-order chi connectivity index (χ0) is 14.0. The Morgan fingerprint density at radius 1 is 1.47 bits per heavy atom. The Bertz CT molecular complexity index is 519. The van der Waals surface area contributed by atoms with Gasteiger partial charge in [-0.3, -0.25) is 0 Å². The number of urea groups is 1. The number of hydrogen-bond donors (Lipinski definition) is 2. The molecular weight excluding hydrogens is 312 g/mol. The van der Waals surface area contributed by atoms with Crippen LogP contribution in [0.3, 0.4) is 0 Å². The van der Waals surface area contributed by atoms with Gasteiger partial charge < -0.3 is 15.3 Å². The third-order valence-electron chi connectivity index (χ3n) is 3.24. The van der Waals surface area contributed by atoms with Crippen LogP contribution in [0.15, 0.2) is 22.7 Å². The number of carbonyl (C=O) groups excluding carboxylic acids is 1. The molecule has 1 heterocycles. The number of likely N-dealkylation sites (tertiary alicyclic amines) is 1. The molecule has 0 radical (unpaired) electrons. The normalized spacial score (nSPS) is 18.4. The van der Waals surface area contributed by atoms with E-state index in [1.807, 2.05) is 19.1 Å². The maximum Gasteiger partial charge on any atom is 0.326 e. The summed E-state index contributed by atoms with van der Waals surface area (Å²) in [6.45, 7) is 2.37. The lowest BCUT2D eigenvalue weighted by atomic mass is 10.2. The average molecular weight is 327 g/mol. The minimum atomic E-state index is -0.946. The second kappa shape index (κ2) is 5.61. The van der Waals surface area contributed by atoms with Crippen LogP contribution < -0.4 is 5.32 Å². The summed E-state index contributed by atoms with van der Waals surface area (Å²) in [6, 6.07) is 4.51. The molecule has 0 spiro atoms. The molecule has 102 valence electrons. The van der Waals surface area contributed by atoms with Gasteiger partial charge in [-0.1, -0.05) is 22.0 Å². The Morgan fingerprint density at radius 2 is 2.21 bits per heavy atom. The van der Waals surface area contributed by atoms with Crippen LogP contribution in [0.5, 0.6) is 0 Å². The molecule has 2 N–H and O–H groups in total. The first-order valence-corrected chi connectivity index (χ1v) is 6.85. The lowest BCUT2D eigenvalue weighted by Gasteiger charge is -2.22. The molecule has 1 atom stereocenters. The van der Waals surface area contributed by atoms with Crippen LogP contribution >= 0.6 is 15.9 Å². The predicted molar refractivity (Wildman–Crippen MR) is 75.3 cm³/mol. The SMILES string of the molecule is Cc1ccc(Br)cc1NC(=O)N1CCC[C@@H]1C(=O)O. The van der Waals surface area contributed by atoms with Crippen molar-refractivity contribution in [2.75, 3.05) is 11.9 Å². The van der Waals surface area contributed by atoms with E-state index in [4.69, 9.17) is 5.11 Å². The van der Waals surface area contributed by atoms with Gasteiger partial charge in [0.15, 0.2) is 0 Å². The highest BCUT2D eigenvalue weighted by Gasteiger charge is 2.34. The fourth-order valence-electron chi connectivity index (χ4n) is 2.18. The Labute approximate surface area is 119 Å². The first kappa shape index (κ1) is 13.9. The van der Waals surface area contributed by atoms with Crippen molar-refractivity contribution in [2.24, 2.45) is 0 Å². The van der Waals surface area contributed by atoms with Gasteiger partial charge in [0, 0.05) is 16.7 Å². The number of halogens is 1. The van der Waals surface area contributed by atoms with Crippen molar-refractivity contribution in [1.82, 2.24) is 4.90 Å². The van der Waals surface area contributed by atoms with E-state index < -0.39 is 12.0 Å². The fraction of sp³-hybridized carbons (Fsp3) is 0.385. The molecule has 1 aliphatic heterocycles. The van der Waals surface area contributed by atoms with Gasteiger partial charge in [-0.15, -0.1) is 0 Å². The molecule has 1 aromatic rings.